The van der Waals surface area contributed by atoms with E-state index in [1.807, 2.05) is 0 Å². The molecule has 8 heavy (non-hydrogen) atoms. The van der Waals surface area contributed by atoms with E-state index in [1.165, 1.54) is 0 Å². The molecule has 0 aromatic heterocycles. The molecule has 0 aromatic rings. The van der Waals surface area contributed by atoms with Crippen LogP contribution in [0.5, 0.6) is 0 Å². The van der Waals surface area contributed by atoms with Gasteiger partial charge in [-0.05, 0) is 7.05 Å². The third-order valence-electron chi connectivity index (χ3n) is 0.875. The molecule has 0 aliphatic heterocycles. The normalized spacial score (nSPS) is 10.5. The zero-order chi connectivity index (χ0) is 6.41. The van der Waals surface area contributed by atoms with Gasteiger partial charge in [0.15, 0.2) is 0 Å². The van der Waals surface area contributed by atoms with Gasteiger partial charge in [0.05, 0.1) is 0 Å². The first-order chi connectivity index (χ1) is 3.81. The van der Waals surface area contributed by atoms with Gasteiger partial charge in [0.2, 0.25) is 0 Å². The summed E-state index contributed by atoms with van der Waals surface area (Å²) in [5.74, 6) is 1.03. The molecule has 3 heteroatoms. The average molecular weight is 134 g/mol. The first-order valence-electron chi connectivity index (χ1n) is 2.85. The van der Waals surface area contributed by atoms with Gasteiger partial charge < -0.3 is 5.73 Å². The van der Waals surface area contributed by atoms with Crippen LogP contribution in [0.15, 0.2) is 0 Å². The van der Waals surface area contributed by atoms with Gasteiger partial charge in [-0.3, -0.25) is 4.31 Å². The summed E-state index contributed by atoms with van der Waals surface area (Å²) >= 11 is 1.78. The molecule has 0 heterocycles. The molecule has 0 bridgehead atoms. The Kier molecular flexibility index (Phi) is 5.59. The van der Waals surface area contributed by atoms with Crippen LogP contribution in [0.2, 0.25) is 0 Å². The van der Waals surface area contributed by atoms with E-state index < -0.39 is 0 Å². The molecule has 0 atom stereocenters. The number of hydrogen-bond acceptors (Lipinski definition) is 3. The summed E-state index contributed by atoms with van der Waals surface area (Å²) in [5.41, 5.74) is 5.28. The lowest BCUT2D eigenvalue weighted by atomic mass is 10.8. The summed E-state index contributed by atoms with van der Waals surface area (Å²) in [5, 5.41) is 0. The van der Waals surface area contributed by atoms with Crippen molar-refractivity contribution in [2.24, 2.45) is 5.73 Å². The average Bonchev–Trinajstić information content (AvgIpc) is 1.83. The highest BCUT2D eigenvalue weighted by atomic mass is 32.2. The zero-order valence-corrected chi connectivity index (χ0v) is 6.37. The third kappa shape index (κ3) is 4.43. The van der Waals surface area contributed by atoms with Crippen LogP contribution in [0.1, 0.15) is 6.92 Å². The number of hydrogen-bond donors (Lipinski definition) is 1. The molecule has 2 nitrogen and oxygen atoms in total. The SMILES string of the molecule is CCN(C)SCCN. The van der Waals surface area contributed by atoms with E-state index in [4.69, 9.17) is 5.73 Å². The van der Waals surface area contributed by atoms with Gasteiger partial charge in [0.25, 0.3) is 0 Å². The molecule has 2 N–H and O–H groups in total. The summed E-state index contributed by atoms with van der Waals surface area (Å²) in [4.78, 5) is 0. The third-order valence-corrected chi connectivity index (χ3v) is 1.99. The molecule has 0 unspecified atom stereocenters. The molecular weight excluding hydrogens is 120 g/mol. The van der Waals surface area contributed by atoms with Gasteiger partial charge in [-0.2, -0.15) is 0 Å². The van der Waals surface area contributed by atoms with Crippen molar-refractivity contribution >= 4 is 11.9 Å². The predicted molar refractivity (Wildman–Crippen MR) is 39.8 cm³/mol. The van der Waals surface area contributed by atoms with Crippen molar-refractivity contribution in [1.82, 2.24) is 4.31 Å². The largest absolute Gasteiger partial charge is 0.330 e. The first kappa shape index (κ1) is 8.27. The van der Waals surface area contributed by atoms with Crippen LogP contribution in [0, 0.1) is 0 Å². The Labute approximate surface area is 55.6 Å². The molecule has 0 aliphatic carbocycles. The van der Waals surface area contributed by atoms with Crippen LogP contribution in [-0.4, -0.2) is 30.2 Å². The van der Waals surface area contributed by atoms with E-state index in [9.17, 15) is 0 Å². The number of rotatable bonds is 4. The monoisotopic (exact) mass is 134 g/mol. The van der Waals surface area contributed by atoms with Crippen molar-refractivity contribution in [2.45, 2.75) is 6.92 Å². The summed E-state index contributed by atoms with van der Waals surface area (Å²) in [6.07, 6.45) is 0. The van der Waals surface area contributed by atoms with Crippen molar-refractivity contribution in [1.29, 1.82) is 0 Å². The zero-order valence-electron chi connectivity index (χ0n) is 5.55. The molecule has 0 saturated heterocycles. The van der Waals surface area contributed by atoms with Gasteiger partial charge in [-0.15, -0.1) is 0 Å². The van der Waals surface area contributed by atoms with E-state index in [0.717, 1.165) is 18.8 Å². The van der Waals surface area contributed by atoms with E-state index in [1.54, 1.807) is 11.9 Å². The van der Waals surface area contributed by atoms with Gasteiger partial charge in [-0.1, -0.05) is 18.9 Å². The van der Waals surface area contributed by atoms with Crippen LogP contribution in [0.4, 0.5) is 0 Å². The highest BCUT2D eigenvalue weighted by Gasteiger charge is 1.90. The maximum Gasteiger partial charge on any atom is 0.0204 e. The Morgan fingerprint density at radius 2 is 2.25 bits per heavy atom. The molecule has 0 aromatic carbocycles. The minimum absolute atomic E-state index is 0.773. The Morgan fingerprint density at radius 1 is 1.62 bits per heavy atom. The summed E-state index contributed by atoms with van der Waals surface area (Å²) in [7, 11) is 2.07. The molecule has 0 spiro atoms. The van der Waals surface area contributed by atoms with Crippen molar-refractivity contribution < 1.29 is 0 Å². The molecule has 0 rings (SSSR count). The first-order valence-corrected chi connectivity index (χ1v) is 3.79. The van der Waals surface area contributed by atoms with Crippen LogP contribution < -0.4 is 5.73 Å². The summed E-state index contributed by atoms with van der Waals surface area (Å²) in [6.45, 7) is 3.99. The Morgan fingerprint density at radius 3 is 2.62 bits per heavy atom. The van der Waals surface area contributed by atoms with Crippen molar-refractivity contribution in [3.63, 3.8) is 0 Å². The Bertz CT molecular complexity index is 49.7. The van der Waals surface area contributed by atoms with E-state index in [0.29, 0.717) is 0 Å². The van der Waals surface area contributed by atoms with Gasteiger partial charge >= 0.3 is 0 Å². The molecule has 0 amide bonds. The lowest BCUT2D eigenvalue weighted by Crippen LogP contribution is -2.12. The van der Waals surface area contributed by atoms with Crippen molar-refractivity contribution in [2.75, 3.05) is 25.9 Å². The number of nitrogens with zero attached hydrogens (tertiary/aromatic N) is 1. The summed E-state index contributed by atoms with van der Waals surface area (Å²) < 4.78 is 2.17. The van der Waals surface area contributed by atoms with Gasteiger partial charge in [0.1, 0.15) is 0 Å². The standard InChI is InChI=1S/C5H14N2S/c1-3-7(2)8-5-4-6/h3-6H2,1-2H3. The minimum Gasteiger partial charge on any atom is -0.330 e. The molecule has 50 valence electrons. The highest BCUT2D eigenvalue weighted by Crippen LogP contribution is 2.02. The van der Waals surface area contributed by atoms with Crippen molar-refractivity contribution in [3.05, 3.63) is 0 Å². The lowest BCUT2D eigenvalue weighted by molar-refractivity contribution is 0.602. The van der Waals surface area contributed by atoms with Crippen LogP contribution in [0.3, 0.4) is 0 Å². The van der Waals surface area contributed by atoms with Crippen LogP contribution in [-0.2, 0) is 0 Å². The molecular formula is C5H14N2S. The van der Waals surface area contributed by atoms with Crippen LogP contribution in [0.25, 0.3) is 0 Å². The quantitative estimate of drug-likeness (QED) is 0.569. The maximum atomic E-state index is 5.28. The second kappa shape index (κ2) is 5.41. The topological polar surface area (TPSA) is 29.3 Å². The van der Waals surface area contributed by atoms with Crippen LogP contribution >= 0.6 is 11.9 Å². The summed E-state index contributed by atoms with van der Waals surface area (Å²) in [6, 6.07) is 0. The van der Waals surface area contributed by atoms with Gasteiger partial charge in [0, 0.05) is 18.8 Å². The Balaban J connectivity index is 2.86. The van der Waals surface area contributed by atoms with Crippen molar-refractivity contribution in [3.8, 4) is 0 Å². The maximum absolute atomic E-state index is 5.28. The van der Waals surface area contributed by atoms with E-state index in [2.05, 4.69) is 18.3 Å². The smallest absolute Gasteiger partial charge is 0.0204 e. The van der Waals surface area contributed by atoms with E-state index in [-0.39, 0.29) is 0 Å². The molecule has 0 fully saturated rings. The predicted octanol–water partition coefficient (Wildman–Crippen LogP) is 0.545. The second-order valence-electron chi connectivity index (χ2n) is 1.57. The van der Waals surface area contributed by atoms with E-state index >= 15 is 0 Å². The highest BCUT2D eigenvalue weighted by molar-refractivity contribution is 7.97. The second-order valence-corrected chi connectivity index (χ2v) is 2.86. The number of nitrogens with two attached hydrogens (primary N) is 1. The fourth-order valence-electron chi connectivity index (χ4n) is 0.300. The molecule has 0 saturated carbocycles. The lowest BCUT2D eigenvalue weighted by Gasteiger charge is -2.10. The van der Waals surface area contributed by atoms with Gasteiger partial charge in [-0.25, -0.2) is 0 Å². The minimum atomic E-state index is 0.773. The fraction of sp³-hybridized carbons (Fsp3) is 1.00. The fourth-order valence-corrected chi connectivity index (χ4v) is 0.899. The Hall–Kier alpha value is 0.270. The molecule has 0 radical (unpaired) electrons. The molecule has 0 aliphatic rings.